The van der Waals surface area contributed by atoms with Gasteiger partial charge < -0.3 is 25.2 Å². The standard InChI is InChI=1S/C33H48N2O4/c1-19(8-11-30(39)34-26-6-5-7-27-22(26)13-15-35(27)4)23-9-10-24-31-25(18-29(38)33(23,24)3)32(2)14-12-21(36)16-20(32)17-28(31)37/h5-7,13,15,19-21,23-25,28-29,31,36-38H,8-12,14,16-18H2,1-4H3,(H,34,39). The van der Waals surface area contributed by atoms with Crippen LogP contribution in [0.2, 0.25) is 0 Å². The maximum absolute atomic E-state index is 13.0. The van der Waals surface area contributed by atoms with E-state index in [1.54, 1.807) is 0 Å². The highest BCUT2D eigenvalue weighted by Gasteiger charge is 2.65. The van der Waals surface area contributed by atoms with E-state index in [1.807, 2.05) is 31.4 Å². The number of nitrogens with zero attached hydrogens (tertiary/aromatic N) is 1. The molecule has 6 rings (SSSR count). The summed E-state index contributed by atoms with van der Waals surface area (Å²) in [5.74, 6) is 1.89. The van der Waals surface area contributed by atoms with Crippen LogP contribution in [-0.4, -0.2) is 44.1 Å². The largest absolute Gasteiger partial charge is 0.393 e. The zero-order valence-corrected chi connectivity index (χ0v) is 24.1. The SMILES string of the molecule is CC(CCC(=O)Nc1cccc2c1ccn2C)C1CCC2C3C(O)CC4CC(O)CCC4(C)C3CC(O)C12C. The first-order valence-corrected chi connectivity index (χ1v) is 15.4. The Morgan fingerprint density at radius 1 is 1.08 bits per heavy atom. The molecule has 0 spiro atoms. The van der Waals surface area contributed by atoms with Crippen molar-refractivity contribution in [2.45, 2.75) is 96.9 Å². The molecule has 1 aromatic heterocycles. The first-order valence-electron chi connectivity index (χ1n) is 15.4. The third kappa shape index (κ3) is 4.28. The van der Waals surface area contributed by atoms with Crippen LogP contribution in [0.4, 0.5) is 5.69 Å². The quantitative estimate of drug-likeness (QED) is 0.406. The fraction of sp³-hybridized carbons (Fsp3) is 0.727. The zero-order valence-electron chi connectivity index (χ0n) is 24.1. The van der Waals surface area contributed by atoms with Crippen molar-refractivity contribution in [1.29, 1.82) is 0 Å². The van der Waals surface area contributed by atoms with E-state index in [1.165, 1.54) is 0 Å². The van der Waals surface area contributed by atoms with Crippen LogP contribution in [0.15, 0.2) is 30.5 Å². The third-order valence-corrected chi connectivity index (χ3v) is 12.5. The molecule has 4 saturated carbocycles. The number of aliphatic hydroxyl groups is 3. The summed E-state index contributed by atoms with van der Waals surface area (Å²) in [6.45, 7) is 6.93. The summed E-state index contributed by atoms with van der Waals surface area (Å²) in [7, 11) is 2.01. The van der Waals surface area contributed by atoms with Gasteiger partial charge in [-0.1, -0.05) is 26.8 Å². The molecule has 0 bridgehead atoms. The Hall–Kier alpha value is -1.89. The lowest BCUT2D eigenvalue weighted by Gasteiger charge is -2.63. The lowest BCUT2D eigenvalue weighted by atomic mass is 9.43. The van der Waals surface area contributed by atoms with Crippen molar-refractivity contribution in [3.05, 3.63) is 30.5 Å². The van der Waals surface area contributed by atoms with Gasteiger partial charge in [0.25, 0.3) is 0 Å². The number of rotatable bonds is 5. The molecule has 4 N–H and O–H groups in total. The predicted octanol–water partition coefficient (Wildman–Crippen LogP) is 5.49. The molecule has 4 aliphatic rings. The first-order chi connectivity index (χ1) is 18.5. The first kappa shape index (κ1) is 27.3. The van der Waals surface area contributed by atoms with Crippen LogP contribution in [0, 0.1) is 46.3 Å². The Morgan fingerprint density at radius 2 is 1.87 bits per heavy atom. The second kappa shape index (κ2) is 9.88. The number of carbonyl (C=O) groups is 1. The van der Waals surface area contributed by atoms with Crippen LogP contribution in [0.3, 0.4) is 0 Å². The second-order valence-corrected chi connectivity index (χ2v) is 14.3. The minimum absolute atomic E-state index is 0.0447. The van der Waals surface area contributed by atoms with Gasteiger partial charge >= 0.3 is 0 Å². The molecule has 4 aliphatic carbocycles. The zero-order chi connectivity index (χ0) is 27.7. The molecular weight excluding hydrogens is 488 g/mol. The second-order valence-electron chi connectivity index (χ2n) is 14.3. The summed E-state index contributed by atoms with van der Waals surface area (Å²) in [5.41, 5.74) is 1.82. The number of fused-ring (bicyclic) bond motifs is 6. The molecule has 4 fully saturated rings. The van der Waals surface area contributed by atoms with Gasteiger partial charge in [-0.25, -0.2) is 0 Å². The molecule has 1 heterocycles. The molecule has 6 nitrogen and oxygen atoms in total. The highest BCUT2D eigenvalue weighted by molar-refractivity contribution is 6.01. The summed E-state index contributed by atoms with van der Waals surface area (Å²) in [5, 5.41) is 37.8. The molecule has 6 heteroatoms. The van der Waals surface area contributed by atoms with Gasteiger partial charge in [0.2, 0.25) is 5.91 Å². The number of hydrogen-bond donors (Lipinski definition) is 4. The summed E-state index contributed by atoms with van der Waals surface area (Å²) < 4.78 is 2.06. The topological polar surface area (TPSA) is 94.7 Å². The van der Waals surface area contributed by atoms with E-state index in [0.29, 0.717) is 36.0 Å². The van der Waals surface area contributed by atoms with Crippen molar-refractivity contribution >= 4 is 22.5 Å². The number of anilines is 1. The lowest BCUT2D eigenvalue weighted by Crippen LogP contribution is -2.62. The minimum Gasteiger partial charge on any atom is -0.393 e. The third-order valence-electron chi connectivity index (χ3n) is 12.5. The van der Waals surface area contributed by atoms with E-state index >= 15 is 0 Å². The lowest BCUT2D eigenvalue weighted by molar-refractivity contribution is -0.207. The smallest absolute Gasteiger partial charge is 0.224 e. The fourth-order valence-corrected chi connectivity index (χ4v) is 10.3. The average Bonchev–Trinajstić information content (AvgIpc) is 3.46. The van der Waals surface area contributed by atoms with Crippen molar-refractivity contribution < 1.29 is 20.1 Å². The van der Waals surface area contributed by atoms with Crippen LogP contribution >= 0.6 is 0 Å². The molecule has 39 heavy (non-hydrogen) atoms. The van der Waals surface area contributed by atoms with Gasteiger partial charge in [-0.3, -0.25) is 4.79 Å². The normalized spacial score (nSPS) is 42.4. The molecule has 214 valence electrons. The Morgan fingerprint density at radius 3 is 2.67 bits per heavy atom. The molecule has 0 saturated heterocycles. The van der Waals surface area contributed by atoms with Crippen molar-refractivity contribution in [1.82, 2.24) is 4.57 Å². The number of hydrogen-bond acceptors (Lipinski definition) is 4. The maximum Gasteiger partial charge on any atom is 0.224 e. The molecular formula is C33H48N2O4. The Bertz CT molecular complexity index is 1230. The summed E-state index contributed by atoms with van der Waals surface area (Å²) in [4.78, 5) is 13.0. The highest BCUT2D eigenvalue weighted by Crippen LogP contribution is 2.68. The molecule has 0 radical (unpaired) electrons. The van der Waals surface area contributed by atoms with Gasteiger partial charge in [0, 0.05) is 30.6 Å². The van der Waals surface area contributed by atoms with Crippen LogP contribution in [-0.2, 0) is 11.8 Å². The van der Waals surface area contributed by atoms with Crippen molar-refractivity contribution in [2.24, 2.45) is 53.4 Å². The minimum atomic E-state index is -0.391. The number of nitrogens with one attached hydrogen (secondary N) is 1. The number of aromatic nitrogens is 1. The van der Waals surface area contributed by atoms with Crippen molar-refractivity contribution in [2.75, 3.05) is 5.32 Å². The number of amides is 1. The van der Waals surface area contributed by atoms with Crippen molar-refractivity contribution in [3.8, 4) is 0 Å². The van der Waals surface area contributed by atoms with Gasteiger partial charge in [0.15, 0.2) is 0 Å². The van der Waals surface area contributed by atoms with Gasteiger partial charge in [-0.15, -0.1) is 0 Å². The summed E-state index contributed by atoms with van der Waals surface area (Å²) >= 11 is 0. The highest BCUT2D eigenvalue weighted by atomic mass is 16.3. The number of carbonyl (C=O) groups excluding carboxylic acids is 1. The van der Waals surface area contributed by atoms with E-state index in [0.717, 1.165) is 68.0 Å². The monoisotopic (exact) mass is 536 g/mol. The van der Waals surface area contributed by atoms with E-state index in [-0.39, 0.29) is 34.9 Å². The van der Waals surface area contributed by atoms with E-state index in [9.17, 15) is 20.1 Å². The molecule has 11 unspecified atom stereocenters. The average molecular weight is 537 g/mol. The number of benzene rings is 1. The molecule has 2 aromatic rings. The van der Waals surface area contributed by atoms with Crippen LogP contribution in [0.1, 0.15) is 78.6 Å². The number of aliphatic hydroxyl groups excluding tert-OH is 3. The van der Waals surface area contributed by atoms with Gasteiger partial charge in [-0.05, 0) is 116 Å². The Balaban J connectivity index is 1.14. The van der Waals surface area contributed by atoms with Crippen LogP contribution < -0.4 is 5.32 Å². The van der Waals surface area contributed by atoms with Gasteiger partial charge in [-0.2, -0.15) is 0 Å². The maximum atomic E-state index is 13.0. The summed E-state index contributed by atoms with van der Waals surface area (Å²) in [6, 6.07) is 8.05. The fourth-order valence-electron chi connectivity index (χ4n) is 10.3. The van der Waals surface area contributed by atoms with Crippen LogP contribution in [0.5, 0.6) is 0 Å². The molecule has 1 aromatic carbocycles. The van der Waals surface area contributed by atoms with Gasteiger partial charge in [0.1, 0.15) is 0 Å². The summed E-state index contributed by atoms with van der Waals surface area (Å²) in [6.07, 6.45) is 8.54. The predicted molar refractivity (Wildman–Crippen MR) is 154 cm³/mol. The van der Waals surface area contributed by atoms with Crippen molar-refractivity contribution in [3.63, 3.8) is 0 Å². The molecule has 11 atom stereocenters. The van der Waals surface area contributed by atoms with Crippen LogP contribution in [0.25, 0.3) is 10.9 Å². The Kier molecular flexibility index (Phi) is 6.92. The van der Waals surface area contributed by atoms with E-state index < -0.39 is 6.10 Å². The van der Waals surface area contributed by atoms with E-state index in [4.69, 9.17) is 0 Å². The van der Waals surface area contributed by atoms with E-state index in [2.05, 4.69) is 36.7 Å². The number of aryl methyl sites for hydroxylation is 1. The Labute approximate surface area is 233 Å². The van der Waals surface area contributed by atoms with Gasteiger partial charge in [0.05, 0.1) is 24.0 Å². The molecule has 0 aliphatic heterocycles. The molecule has 1 amide bonds.